The van der Waals surface area contributed by atoms with Gasteiger partial charge in [0, 0.05) is 13.0 Å². The van der Waals surface area contributed by atoms with Gasteiger partial charge in [-0.05, 0) is 14.1 Å². The van der Waals surface area contributed by atoms with Gasteiger partial charge in [-0.25, -0.2) is 0 Å². The summed E-state index contributed by atoms with van der Waals surface area (Å²) in [5.41, 5.74) is 0. The SMILES string of the molecule is CC(C)C(=O)OC1CCN(CC#CCN(C)C)C1=O. The maximum atomic E-state index is 12.0. The van der Waals surface area contributed by atoms with E-state index in [2.05, 4.69) is 11.8 Å². The Balaban J connectivity index is 2.42. The fourth-order valence-corrected chi connectivity index (χ4v) is 1.62. The highest BCUT2D eigenvalue weighted by molar-refractivity contribution is 5.86. The van der Waals surface area contributed by atoms with Crippen molar-refractivity contribution in [2.24, 2.45) is 5.92 Å². The van der Waals surface area contributed by atoms with E-state index in [1.54, 1.807) is 18.7 Å². The molecule has 1 heterocycles. The van der Waals surface area contributed by atoms with Crippen LogP contribution >= 0.6 is 0 Å². The molecule has 0 N–H and O–H groups in total. The van der Waals surface area contributed by atoms with Crippen molar-refractivity contribution >= 4 is 11.9 Å². The van der Waals surface area contributed by atoms with Crippen LogP contribution in [-0.4, -0.2) is 61.5 Å². The standard InChI is InChI=1S/C14H22N2O3/c1-11(2)14(18)19-12-7-10-16(13(12)17)9-6-5-8-15(3)4/h11-12H,7-10H2,1-4H3. The number of ether oxygens (including phenoxy) is 1. The summed E-state index contributed by atoms with van der Waals surface area (Å²) >= 11 is 0. The number of amides is 1. The van der Waals surface area contributed by atoms with Crippen molar-refractivity contribution in [3.8, 4) is 11.8 Å². The summed E-state index contributed by atoms with van der Waals surface area (Å²) in [4.78, 5) is 27.0. The van der Waals surface area contributed by atoms with Crippen molar-refractivity contribution in [3.05, 3.63) is 0 Å². The minimum absolute atomic E-state index is 0.131. The smallest absolute Gasteiger partial charge is 0.309 e. The predicted molar refractivity (Wildman–Crippen MR) is 72.2 cm³/mol. The lowest BCUT2D eigenvalue weighted by Gasteiger charge is -2.14. The monoisotopic (exact) mass is 266 g/mol. The van der Waals surface area contributed by atoms with Crippen molar-refractivity contribution in [3.63, 3.8) is 0 Å². The van der Waals surface area contributed by atoms with Crippen LogP contribution in [0.3, 0.4) is 0 Å². The Bertz CT molecular complexity index is 393. The van der Waals surface area contributed by atoms with Crippen molar-refractivity contribution in [1.82, 2.24) is 9.80 Å². The molecule has 0 aromatic heterocycles. The summed E-state index contributed by atoms with van der Waals surface area (Å²) in [5.74, 6) is 5.28. The van der Waals surface area contributed by atoms with E-state index in [9.17, 15) is 9.59 Å². The third kappa shape index (κ3) is 4.92. The van der Waals surface area contributed by atoms with E-state index in [4.69, 9.17) is 4.74 Å². The van der Waals surface area contributed by atoms with E-state index < -0.39 is 6.10 Å². The molecule has 106 valence electrons. The molecule has 1 saturated heterocycles. The molecule has 0 aromatic carbocycles. The Hall–Kier alpha value is -1.54. The first-order valence-corrected chi connectivity index (χ1v) is 6.51. The average molecular weight is 266 g/mol. The zero-order chi connectivity index (χ0) is 14.4. The van der Waals surface area contributed by atoms with E-state index in [1.165, 1.54) is 0 Å². The topological polar surface area (TPSA) is 49.9 Å². The van der Waals surface area contributed by atoms with Gasteiger partial charge in [0.2, 0.25) is 0 Å². The minimum atomic E-state index is -0.620. The molecule has 1 unspecified atom stereocenters. The Labute approximate surface area is 114 Å². The number of hydrogen-bond donors (Lipinski definition) is 0. The quantitative estimate of drug-likeness (QED) is 0.544. The average Bonchev–Trinajstić information content (AvgIpc) is 2.66. The maximum absolute atomic E-state index is 12.0. The van der Waals surface area contributed by atoms with Crippen LogP contribution in [0.2, 0.25) is 0 Å². The largest absolute Gasteiger partial charge is 0.452 e. The third-order valence-electron chi connectivity index (χ3n) is 2.77. The molecular formula is C14H22N2O3. The van der Waals surface area contributed by atoms with Gasteiger partial charge in [0.15, 0.2) is 6.10 Å². The Morgan fingerprint density at radius 2 is 2.16 bits per heavy atom. The van der Waals surface area contributed by atoms with Gasteiger partial charge in [-0.1, -0.05) is 25.7 Å². The second-order valence-electron chi connectivity index (χ2n) is 5.22. The van der Waals surface area contributed by atoms with Crippen molar-refractivity contribution in [1.29, 1.82) is 0 Å². The second-order valence-corrected chi connectivity index (χ2v) is 5.22. The van der Waals surface area contributed by atoms with Crippen LogP contribution in [0.15, 0.2) is 0 Å². The minimum Gasteiger partial charge on any atom is -0.452 e. The highest BCUT2D eigenvalue weighted by Crippen LogP contribution is 2.15. The van der Waals surface area contributed by atoms with Gasteiger partial charge in [0.1, 0.15) is 0 Å². The number of rotatable bonds is 4. The fourth-order valence-electron chi connectivity index (χ4n) is 1.62. The van der Waals surface area contributed by atoms with Crippen LogP contribution < -0.4 is 0 Å². The van der Waals surface area contributed by atoms with E-state index in [-0.39, 0.29) is 17.8 Å². The summed E-state index contributed by atoms with van der Waals surface area (Å²) in [6.45, 7) is 5.19. The molecule has 1 aliphatic heterocycles. The zero-order valence-corrected chi connectivity index (χ0v) is 12.1. The van der Waals surface area contributed by atoms with Crippen LogP contribution in [0, 0.1) is 17.8 Å². The molecule has 5 nitrogen and oxygen atoms in total. The molecule has 0 aliphatic carbocycles. The van der Waals surface area contributed by atoms with Gasteiger partial charge < -0.3 is 9.64 Å². The van der Waals surface area contributed by atoms with Crippen LogP contribution in [0.25, 0.3) is 0 Å². The van der Waals surface area contributed by atoms with Gasteiger partial charge in [0.05, 0.1) is 19.0 Å². The number of hydrogen-bond acceptors (Lipinski definition) is 4. The summed E-state index contributed by atoms with van der Waals surface area (Å²) in [6, 6.07) is 0. The van der Waals surface area contributed by atoms with Crippen LogP contribution in [0.5, 0.6) is 0 Å². The maximum Gasteiger partial charge on any atom is 0.309 e. The molecule has 5 heteroatoms. The van der Waals surface area contributed by atoms with Crippen molar-refractivity contribution < 1.29 is 14.3 Å². The lowest BCUT2D eigenvalue weighted by Crippen LogP contribution is -2.33. The second kappa shape index (κ2) is 7.15. The number of carbonyl (C=O) groups is 2. The molecule has 1 aliphatic rings. The molecule has 0 spiro atoms. The van der Waals surface area contributed by atoms with Gasteiger partial charge in [-0.2, -0.15) is 0 Å². The van der Waals surface area contributed by atoms with Gasteiger partial charge >= 0.3 is 5.97 Å². The first kappa shape index (κ1) is 15.5. The molecule has 0 saturated carbocycles. The predicted octanol–water partition coefficient (Wildman–Crippen LogP) is 0.351. The van der Waals surface area contributed by atoms with E-state index >= 15 is 0 Å². The lowest BCUT2D eigenvalue weighted by atomic mass is 10.2. The Morgan fingerprint density at radius 1 is 1.47 bits per heavy atom. The zero-order valence-electron chi connectivity index (χ0n) is 12.1. The van der Waals surface area contributed by atoms with E-state index in [1.807, 2.05) is 19.0 Å². The fraction of sp³-hybridized carbons (Fsp3) is 0.714. The van der Waals surface area contributed by atoms with Crippen LogP contribution in [-0.2, 0) is 14.3 Å². The molecule has 1 rings (SSSR count). The first-order chi connectivity index (χ1) is 8.91. The molecule has 1 amide bonds. The first-order valence-electron chi connectivity index (χ1n) is 6.51. The number of likely N-dealkylation sites (tertiary alicyclic amines) is 1. The molecule has 1 fully saturated rings. The van der Waals surface area contributed by atoms with Crippen LogP contribution in [0.4, 0.5) is 0 Å². The molecule has 19 heavy (non-hydrogen) atoms. The number of carbonyl (C=O) groups excluding carboxylic acids is 2. The number of esters is 1. The van der Waals surface area contributed by atoms with Crippen molar-refractivity contribution in [2.45, 2.75) is 26.4 Å². The summed E-state index contributed by atoms with van der Waals surface area (Å²) in [5, 5.41) is 0. The highest BCUT2D eigenvalue weighted by Gasteiger charge is 2.34. The Kier molecular flexibility index (Phi) is 5.84. The summed E-state index contributed by atoms with van der Waals surface area (Å²) in [7, 11) is 3.88. The molecule has 1 atom stereocenters. The summed E-state index contributed by atoms with van der Waals surface area (Å²) in [6.07, 6.45) is -0.0577. The molecule has 0 radical (unpaired) electrons. The van der Waals surface area contributed by atoms with Gasteiger partial charge in [-0.3, -0.25) is 14.5 Å². The van der Waals surface area contributed by atoms with Crippen molar-refractivity contribution in [2.75, 3.05) is 33.7 Å². The lowest BCUT2D eigenvalue weighted by molar-refractivity contribution is -0.158. The normalized spacial score (nSPS) is 18.7. The number of nitrogens with zero attached hydrogens (tertiary/aromatic N) is 2. The Morgan fingerprint density at radius 3 is 2.74 bits per heavy atom. The molecule has 0 bridgehead atoms. The highest BCUT2D eigenvalue weighted by atomic mass is 16.5. The third-order valence-corrected chi connectivity index (χ3v) is 2.77. The van der Waals surface area contributed by atoms with E-state index in [0.29, 0.717) is 26.1 Å². The molecule has 0 aromatic rings. The molecular weight excluding hydrogens is 244 g/mol. The summed E-state index contributed by atoms with van der Waals surface area (Å²) < 4.78 is 5.17. The van der Waals surface area contributed by atoms with E-state index in [0.717, 1.165) is 0 Å². The van der Waals surface area contributed by atoms with Gasteiger partial charge in [0.25, 0.3) is 5.91 Å². The van der Waals surface area contributed by atoms with Crippen LogP contribution in [0.1, 0.15) is 20.3 Å². The van der Waals surface area contributed by atoms with Gasteiger partial charge in [-0.15, -0.1) is 0 Å².